The summed E-state index contributed by atoms with van der Waals surface area (Å²) in [5.74, 6) is 0.258. The Morgan fingerprint density at radius 3 is 2.56 bits per heavy atom. The summed E-state index contributed by atoms with van der Waals surface area (Å²) in [5, 5.41) is 5.95. The van der Waals surface area contributed by atoms with Gasteiger partial charge < -0.3 is 14.8 Å². The van der Waals surface area contributed by atoms with E-state index in [1.54, 1.807) is 0 Å². The highest BCUT2D eigenvalue weighted by Gasteiger charge is 2.28. The lowest BCUT2D eigenvalue weighted by molar-refractivity contribution is 0.0105. The summed E-state index contributed by atoms with van der Waals surface area (Å²) in [6.07, 6.45) is 8.82. The van der Waals surface area contributed by atoms with Crippen molar-refractivity contribution in [2.45, 2.75) is 25.0 Å². The normalized spacial score (nSPS) is 18.4. The minimum atomic E-state index is 0.0735. The van der Waals surface area contributed by atoms with Gasteiger partial charge in [0.15, 0.2) is 0 Å². The summed E-state index contributed by atoms with van der Waals surface area (Å²) in [5.41, 5.74) is 3.42. The van der Waals surface area contributed by atoms with E-state index < -0.39 is 0 Å². The third-order valence-corrected chi connectivity index (χ3v) is 6.20. The first-order valence-electron chi connectivity index (χ1n) is 11.8. The first kappa shape index (κ1) is 22.3. The maximum Gasteiger partial charge on any atom is 0.316 e. The molecule has 1 aliphatic rings. The molecule has 0 radical (unpaired) electrons. The fourth-order valence-corrected chi connectivity index (χ4v) is 4.38. The number of aromatic nitrogens is 2. The Morgan fingerprint density at radius 1 is 0.912 bits per heavy atom. The molecule has 34 heavy (non-hydrogen) atoms. The summed E-state index contributed by atoms with van der Waals surface area (Å²) in [7, 11) is 0. The van der Waals surface area contributed by atoms with Gasteiger partial charge in [-0.25, -0.2) is 9.97 Å². The number of nitrogens with zero attached hydrogens (tertiary/aromatic N) is 2. The summed E-state index contributed by atoms with van der Waals surface area (Å²) < 4.78 is 12.1. The van der Waals surface area contributed by atoms with Gasteiger partial charge in [-0.05, 0) is 52.6 Å². The molecule has 1 fully saturated rings. The molecule has 172 valence electrons. The minimum absolute atomic E-state index is 0.0735. The van der Waals surface area contributed by atoms with Gasteiger partial charge in [0.05, 0.1) is 12.7 Å². The fourth-order valence-electron chi connectivity index (χ4n) is 4.38. The van der Waals surface area contributed by atoms with E-state index in [4.69, 9.17) is 9.47 Å². The van der Waals surface area contributed by atoms with Gasteiger partial charge in [0, 0.05) is 24.9 Å². The minimum Gasteiger partial charge on any atom is -0.459 e. The van der Waals surface area contributed by atoms with Crippen LogP contribution in [-0.4, -0.2) is 35.8 Å². The number of benzene rings is 3. The van der Waals surface area contributed by atoms with E-state index >= 15 is 0 Å². The predicted octanol–water partition coefficient (Wildman–Crippen LogP) is 5.38. The van der Waals surface area contributed by atoms with Crippen LogP contribution < -0.4 is 10.1 Å². The zero-order valence-corrected chi connectivity index (χ0v) is 19.1. The molecule has 5 nitrogen and oxygen atoms in total. The van der Waals surface area contributed by atoms with Crippen molar-refractivity contribution in [3.8, 4) is 6.01 Å². The van der Waals surface area contributed by atoms with Gasteiger partial charge in [0.2, 0.25) is 0 Å². The molecule has 0 spiro atoms. The molecule has 3 aromatic carbocycles. The molecule has 5 heteroatoms. The van der Waals surface area contributed by atoms with Crippen LogP contribution in [0.1, 0.15) is 29.0 Å². The number of hydrogen-bond donors (Lipinski definition) is 1. The second-order valence-electron chi connectivity index (χ2n) is 8.55. The highest BCUT2D eigenvalue weighted by Crippen LogP contribution is 2.28. The summed E-state index contributed by atoms with van der Waals surface area (Å²) in [6, 6.07) is 25.5. The fraction of sp³-hybridized carbons (Fsp3) is 0.241. The van der Waals surface area contributed by atoms with Crippen molar-refractivity contribution in [1.29, 1.82) is 0 Å². The molecule has 5 rings (SSSR count). The molecule has 1 aliphatic heterocycles. The van der Waals surface area contributed by atoms with Gasteiger partial charge in [-0.1, -0.05) is 72.8 Å². The van der Waals surface area contributed by atoms with E-state index in [9.17, 15) is 0 Å². The van der Waals surface area contributed by atoms with E-state index in [0.717, 1.165) is 30.6 Å². The third-order valence-electron chi connectivity index (χ3n) is 6.20. The highest BCUT2D eigenvalue weighted by atomic mass is 16.5. The van der Waals surface area contributed by atoms with Crippen LogP contribution in [0.25, 0.3) is 16.8 Å². The van der Waals surface area contributed by atoms with Crippen molar-refractivity contribution in [2.24, 2.45) is 0 Å². The van der Waals surface area contributed by atoms with Gasteiger partial charge in [-0.15, -0.1) is 0 Å². The zero-order valence-electron chi connectivity index (χ0n) is 19.1. The smallest absolute Gasteiger partial charge is 0.316 e. The Labute approximate surface area is 200 Å². The van der Waals surface area contributed by atoms with Crippen LogP contribution in [0.3, 0.4) is 0 Å². The largest absolute Gasteiger partial charge is 0.459 e. The number of nitrogens with one attached hydrogen (secondary N) is 1. The summed E-state index contributed by atoms with van der Waals surface area (Å²) in [6.45, 7) is 2.80. The monoisotopic (exact) mass is 451 g/mol. The molecule has 4 aromatic rings. The van der Waals surface area contributed by atoms with Crippen molar-refractivity contribution in [3.05, 3.63) is 108 Å². The summed E-state index contributed by atoms with van der Waals surface area (Å²) in [4.78, 5) is 8.88. The second-order valence-corrected chi connectivity index (χ2v) is 8.55. The van der Waals surface area contributed by atoms with Crippen LogP contribution in [0.4, 0.5) is 0 Å². The second kappa shape index (κ2) is 11.1. The Kier molecular flexibility index (Phi) is 7.24. The van der Waals surface area contributed by atoms with Crippen molar-refractivity contribution in [1.82, 2.24) is 15.3 Å². The molecule has 2 unspecified atom stereocenters. The molecule has 2 atom stereocenters. The molecule has 0 bridgehead atoms. The lowest BCUT2D eigenvalue weighted by atomic mass is 9.89. The number of fused-ring (bicyclic) bond motifs is 1. The van der Waals surface area contributed by atoms with Crippen LogP contribution in [-0.2, 0) is 11.3 Å². The molecule has 0 saturated carbocycles. The molecular formula is C29H29N3O2. The van der Waals surface area contributed by atoms with Gasteiger partial charge in [0.1, 0.15) is 6.61 Å². The number of piperidine rings is 1. The topological polar surface area (TPSA) is 56.3 Å². The predicted molar refractivity (Wildman–Crippen MR) is 136 cm³/mol. The quantitative estimate of drug-likeness (QED) is 0.390. The van der Waals surface area contributed by atoms with E-state index in [1.165, 1.54) is 16.3 Å². The van der Waals surface area contributed by atoms with E-state index in [-0.39, 0.29) is 12.0 Å². The SMILES string of the molecule is C(=C\c1ccccc1)/COc1ncc(C2CCNCC2OCc2ccc3ccccc3c2)cn1. The van der Waals surface area contributed by atoms with E-state index in [1.807, 2.05) is 42.7 Å². The third kappa shape index (κ3) is 5.68. The van der Waals surface area contributed by atoms with Crippen molar-refractivity contribution < 1.29 is 9.47 Å². The van der Waals surface area contributed by atoms with E-state index in [2.05, 4.69) is 69.9 Å². The van der Waals surface area contributed by atoms with Gasteiger partial charge in [0.25, 0.3) is 0 Å². The summed E-state index contributed by atoms with van der Waals surface area (Å²) >= 11 is 0. The Morgan fingerprint density at radius 2 is 1.71 bits per heavy atom. The Hall–Kier alpha value is -3.54. The molecule has 0 aliphatic carbocycles. The van der Waals surface area contributed by atoms with Crippen molar-refractivity contribution in [2.75, 3.05) is 19.7 Å². The highest BCUT2D eigenvalue weighted by molar-refractivity contribution is 5.82. The lowest BCUT2D eigenvalue weighted by Gasteiger charge is -2.32. The number of hydrogen-bond acceptors (Lipinski definition) is 5. The Balaban J connectivity index is 1.18. The maximum absolute atomic E-state index is 6.38. The molecule has 1 aromatic heterocycles. The van der Waals surface area contributed by atoms with Crippen molar-refractivity contribution in [3.63, 3.8) is 0 Å². The van der Waals surface area contributed by atoms with Crippen LogP contribution in [0.5, 0.6) is 6.01 Å². The first-order valence-corrected chi connectivity index (χ1v) is 11.8. The van der Waals surface area contributed by atoms with E-state index in [0.29, 0.717) is 19.2 Å². The molecule has 1 N–H and O–H groups in total. The molecule has 0 amide bonds. The van der Waals surface area contributed by atoms with Crippen LogP contribution in [0.2, 0.25) is 0 Å². The van der Waals surface area contributed by atoms with Gasteiger partial charge in [-0.2, -0.15) is 0 Å². The van der Waals surface area contributed by atoms with Crippen molar-refractivity contribution >= 4 is 16.8 Å². The zero-order chi connectivity index (χ0) is 23.0. The van der Waals surface area contributed by atoms with Gasteiger partial charge >= 0.3 is 6.01 Å². The molecular weight excluding hydrogens is 422 g/mol. The van der Waals surface area contributed by atoms with Gasteiger partial charge in [-0.3, -0.25) is 0 Å². The Bertz CT molecular complexity index is 1230. The standard InChI is InChI=1S/C29H29N3O2/c1-2-7-22(8-3-1)9-6-16-33-29-31-18-26(19-32-29)27-14-15-30-20-28(27)34-21-23-12-13-24-10-4-5-11-25(24)17-23/h1-13,17-19,27-28,30H,14-16,20-21H2/b9-6+. The first-order chi connectivity index (χ1) is 16.8. The average molecular weight is 452 g/mol. The molecule has 2 heterocycles. The average Bonchev–Trinajstić information content (AvgIpc) is 2.91. The number of rotatable bonds is 8. The number of ether oxygens (including phenoxy) is 2. The van der Waals surface area contributed by atoms with Crippen LogP contribution in [0.15, 0.2) is 91.3 Å². The van der Waals surface area contributed by atoms with Crippen LogP contribution >= 0.6 is 0 Å². The maximum atomic E-state index is 6.38. The molecule has 1 saturated heterocycles. The lowest BCUT2D eigenvalue weighted by Crippen LogP contribution is -2.41. The van der Waals surface area contributed by atoms with Crippen LogP contribution in [0, 0.1) is 0 Å².